The summed E-state index contributed by atoms with van der Waals surface area (Å²) in [4.78, 5) is 22.2. The summed E-state index contributed by atoms with van der Waals surface area (Å²) in [5, 5.41) is 11.2. The van der Waals surface area contributed by atoms with Gasteiger partial charge in [0.2, 0.25) is 0 Å². The first-order chi connectivity index (χ1) is 14.0. The van der Waals surface area contributed by atoms with Crippen LogP contribution in [0.25, 0.3) is 11.3 Å². The molecule has 0 saturated heterocycles. The molecule has 1 heterocycles. The van der Waals surface area contributed by atoms with Gasteiger partial charge in [0.05, 0.1) is 20.4 Å². The third-order valence-electron chi connectivity index (χ3n) is 5.33. The van der Waals surface area contributed by atoms with E-state index in [1.54, 1.807) is 14.2 Å². The van der Waals surface area contributed by atoms with Gasteiger partial charge in [0, 0.05) is 18.7 Å². The molecule has 2 atom stereocenters. The molecule has 2 aromatic rings. The maximum absolute atomic E-state index is 11.4. The molecule has 0 unspecified atom stereocenters. The number of carbonyl (C=O) groups excluding carboxylic acids is 2. The van der Waals surface area contributed by atoms with Crippen LogP contribution in [0.15, 0.2) is 24.4 Å². The minimum Gasteiger partial charge on any atom is -0.493 e. The lowest BCUT2D eigenvalue weighted by atomic mass is 9.81. The fourth-order valence-corrected chi connectivity index (χ4v) is 3.86. The number of aromatic nitrogens is 3. The van der Waals surface area contributed by atoms with Crippen molar-refractivity contribution in [2.45, 2.75) is 32.2 Å². The fraction of sp³-hybridized carbons (Fsp3) is 0.500. The van der Waals surface area contributed by atoms with Gasteiger partial charge < -0.3 is 20.5 Å². The van der Waals surface area contributed by atoms with Crippen LogP contribution >= 0.6 is 0 Å². The van der Waals surface area contributed by atoms with E-state index in [1.807, 2.05) is 29.1 Å². The Morgan fingerprint density at radius 3 is 2.69 bits per heavy atom. The summed E-state index contributed by atoms with van der Waals surface area (Å²) in [7, 11) is 3.20. The smallest absolute Gasteiger partial charge is 0.309 e. The average Bonchev–Trinajstić information content (AvgIpc) is 3.20. The number of amides is 2. The third kappa shape index (κ3) is 5.24. The molecular weight excluding hydrogens is 374 g/mol. The molecule has 1 aliphatic rings. The Kier molecular flexibility index (Phi) is 6.69. The number of nitrogens with one attached hydrogen (secondary N) is 1. The Bertz CT molecular complexity index is 866. The predicted molar refractivity (Wildman–Crippen MR) is 106 cm³/mol. The molecule has 29 heavy (non-hydrogen) atoms. The van der Waals surface area contributed by atoms with Gasteiger partial charge in [-0.05, 0) is 49.3 Å². The minimum absolute atomic E-state index is 0.339. The Morgan fingerprint density at radius 1 is 1.21 bits per heavy atom. The molecule has 0 spiro atoms. The van der Waals surface area contributed by atoms with Gasteiger partial charge in [-0.15, -0.1) is 5.10 Å². The molecule has 1 aliphatic carbocycles. The highest BCUT2D eigenvalue weighted by molar-refractivity contribution is 6.34. The molecular formula is C20H27N5O4. The summed E-state index contributed by atoms with van der Waals surface area (Å²) in [6.45, 7) is 1.24. The fourth-order valence-electron chi connectivity index (χ4n) is 3.86. The molecule has 1 aromatic heterocycles. The van der Waals surface area contributed by atoms with Crippen molar-refractivity contribution >= 4 is 11.8 Å². The summed E-state index contributed by atoms with van der Waals surface area (Å²) >= 11 is 0. The van der Waals surface area contributed by atoms with Gasteiger partial charge in [-0.2, -0.15) is 0 Å². The first-order valence-electron chi connectivity index (χ1n) is 9.70. The van der Waals surface area contributed by atoms with Crippen molar-refractivity contribution < 1.29 is 19.1 Å². The van der Waals surface area contributed by atoms with E-state index >= 15 is 0 Å². The quantitative estimate of drug-likeness (QED) is 0.676. The van der Waals surface area contributed by atoms with E-state index in [4.69, 9.17) is 15.2 Å². The van der Waals surface area contributed by atoms with Crippen molar-refractivity contribution in [1.29, 1.82) is 0 Å². The zero-order chi connectivity index (χ0) is 20.8. The molecule has 3 N–H and O–H groups in total. The van der Waals surface area contributed by atoms with Gasteiger partial charge in [0.25, 0.3) is 0 Å². The molecule has 0 bridgehead atoms. The van der Waals surface area contributed by atoms with Gasteiger partial charge >= 0.3 is 11.8 Å². The highest BCUT2D eigenvalue weighted by Crippen LogP contribution is 2.32. The molecule has 1 aromatic carbocycles. The van der Waals surface area contributed by atoms with Crippen molar-refractivity contribution in [2.75, 3.05) is 20.8 Å². The molecule has 1 fully saturated rings. The Balaban J connectivity index is 1.59. The molecule has 0 aliphatic heterocycles. The normalized spacial score (nSPS) is 18.8. The predicted octanol–water partition coefficient (Wildman–Crippen LogP) is 1.37. The first kappa shape index (κ1) is 20.6. The molecule has 9 nitrogen and oxygen atoms in total. The van der Waals surface area contributed by atoms with Crippen molar-refractivity contribution in [3.8, 4) is 22.8 Å². The summed E-state index contributed by atoms with van der Waals surface area (Å²) in [6.07, 6.45) is 6.11. The van der Waals surface area contributed by atoms with Gasteiger partial charge in [-0.3, -0.25) is 14.3 Å². The average molecular weight is 401 g/mol. The number of carbonyl (C=O) groups is 2. The highest BCUT2D eigenvalue weighted by Gasteiger charge is 2.24. The zero-order valence-corrected chi connectivity index (χ0v) is 16.8. The zero-order valence-electron chi connectivity index (χ0n) is 16.8. The van der Waals surface area contributed by atoms with Crippen LogP contribution in [0.2, 0.25) is 0 Å². The van der Waals surface area contributed by atoms with Crippen LogP contribution in [-0.4, -0.2) is 47.6 Å². The van der Waals surface area contributed by atoms with Crippen LogP contribution in [0, 0.1) is 11.8 Å². The van der Waals surface area contributed by atoms with Crippen LogP contribution in [0.3, 0.4) is 0 Å². The SMILES string of the molecule is COc1ccc(-c2cn(C[C@@H]3CCC[C@H](CNC(=O)C(N)=O)C3)nn2)cc1OC. The minimum atomic E-state index is -0.942. The van der Waals surface area contributed by atoms with Crippen LogP contribution in [-0.2, 0) is 16.1 Å². The number of rotatable bonds is 7. The maximum atomic E-state index is 11.4. The second-order valence-electron chi connectivity index (χ2n) is 7.37. The van der Waals surface area contributed by atoms with E-state index in [2.05, 4.69) is 15.6 Å². The van der Waals surface area contributed by atoms with Gasteiger partial charge in [-0.25, -0.2) is 0 Å². The molecule has 1 saturated carbocycles. The number of nitrogens with zero attached hydrogens (tertiary/aromatic N) is 3. The molecule has 3 rings (SSSR count). The topological polar surface area (TPSA) is 121 Å². The van der Waals surface area contributed by atoms with E-state index in [9.17, 15) is 9.59 Å². The maximum Gasteiger partial charge on any atom is 0.309 e. The molecule has 0 radical (unpaired) electrons. The van der Waals surface area contributed by atoms with Crippen molar-refractivity contribution in [3.63, 3.8) is 0 Å². The molecule has 156 valence electrons. The largest absolute Gasteiger partial charge is 0.493 e. The third-order valence-corrected chi connectivity index (χ3v) is 5.33. The second kappa shape index (κ2) is 9.40. The summed E-state index contributed by atoms with van der Waals surface area (Å²) in [5.41, 5.74) is 6.66. The lowest BCUT2D eigenvalue weighted by molar-refractivity contribution is -0.137. The number of ether oxygens (including phenoxy) is 2. The van der Waals surface area contributed by atoms with Crippen LogP contribution in [0.4, 0.5) is 0 Å². The monoisotopic (exact) mass is 401 g/mol. The van der Waals surface area contributed by atoms with E-state index < -0.39 is 11.8 Å². The van der Waals surface area contributed by atoms with Crippen molar-refractivity contribution in [1.82, 2.24) is 20.3 Å². The number of benzene rings is 1. The van der Waals surface area contributed by atoms with Gasteiger partial charge in [0.1, 0.15) is 5.69 Å². The van der Waals surface area contributed by atoms with Crippen molar-refractivity contribution in [3.05, 3.63) is 24.4 Å². The number of hydrogen-bond acceptors (Lipinski definition) is 6. The van der Waals surface area contributed by atoms with Crippen LogP contribution < -0.4 is 20.5 Å². The molecule has 9 heteroatoms. The van der Waals surface area contributed by atoms with Gasteiger partial charge in [-0.1, -0.05) is 11.6 Å². The Morgan fingerprint density at radius 2 is 1.97 bits per heavy atom. The second-order valence-corrected chi connectivity index (χ2v) is 7.37. The number of nitrogens with two attached hydrogens (primary N) is 1. The number of primary amides is 1. The summed E-state index contributed by atoms with van der Waals surface area (Å²) < 4.78 is 12.5. The molecule has 2 amide bonds. The number of hydrogen-bond donors (Lipinski definition) is 2. The van der Waals surface area contributed by atoms with Crippen LogP contribution in [0.1, 0.15) is 25.7 Å². The standard InChI is InChI=1S/C20H27N5O4/c1-28-17-7-6-15(9-18(17)29-2)16-12-25(24-23-16)11-14-5-3-4-13(8-14)10-22-20(27)19(21)26/h6-7,9,12-14H,3-5,8,10-11H2,1-2H3,(H2,21,26)(H,22,27)/t13-,14+/m0/s1. The van der Waals surface area contributed by atoms with Crippen molar-refractivity contribution in [2.24, 2.45) is 17.6 Å². The summed E-state index contributed by atoms with van der Waals surface area (Å²) in [5.74, 6) is 0.434. The van der Waals surface area contributed by atoms with E-state index in [-0.39, 0.29) is 0 Å². The van der Waals surface area contributed by atoms with E-state index in [1.165, 1.54) is 0 Å². The lowest BCUT2D eigenvalue weighted by Crippen LogP contribution is -2.39. The number of methoxy groups -OCH3 is 2. The lowest BCUT2D eigenvalue weighted by Gasteiger charge is -2.29. The first-order valence-corrected chi connectivity index (χ1v) is 9.70. The van der Waals surface area contributed by atoms with Gasteiger partial charge in [0.15, 0.2) is 11.5 Å². The summed E-state index contributed by atoms with van der Waals surface area (Å²) in [6, 6.07) is 5.65. The Hall–Kier alpha value is -3.10. The van der Waals surface area contributed by atoms with Crippen LogP contribution in [0.5, 0.6) is 11.5 Å². The van der Waals surface area contributed by atoms with E-state index in [0.717, 1.165) is 43.5 Å². The highest BCUT2D eigenvalue weighted by atomic mass is 16.5. The van der Waals surface area contributed by atoms with E-state index in [0.29, 0.717) is 29.9 Å². The Labute approximate surface area is 169 Å².